The van der Waals surface area contributed by atoms with Crippen LogP contribution in [-0.2, 0) is 0 Å². The molecule has 0 atom stereocenters. The summed E-state index contributed by atoms with van der Waals surface area (Å²) in [5, 5.41) is 15.4. The number of aromatic hydroxyl groups is 1. The molecule has 0 aliphatic carbocycles. The minimum Gasteiger partial charge on any atom is -0.508 e. The maximum Gasteiger partial charge on any atom is 0.263 e. The first kappa shape index (κ1) is 18.7. The van der Waals surface area contributed by atoms with Crippen LogP contribution in [0.3, 0.4) is 0 Å². The third kappa shape index (κ3) is 4.53. The van der Waals surface area contributed by atoms with Crippen molar-refractivity contribution in [3.8, 4) is 16.5 Å². The number of phenolic OH excluding ortho intramolecular Hbond substituents is 1. The zero-order valence-corrected chi connectivity index (χ0v) is 15.7. The molecule has 0 fully saturated rings. The van der Waals surface area contributed by atoms with E-state index < -0.39 is 0 Å². The van der Waals surface area contributed by atoms with Gasteiger partial charge in [0.05, 0.1) is 5.69 Å². The number of hydrogen-bond acceptors (Lipinski definition) is 6. The van der Waals surface area contributed by atoms with Gasteiger partial charge in [-0.2, -0.15) is 0 Å². The van der Waals surface area contributed by atoms with E-state index in [9.17, 15) is 14.7 Å². The van der Waals surface area contributed by atoms with Crippen LogP contribution in [0.2, 0.25) is 0 Å². The van der Waals surface area contributed by atoms with Gasteiger partial charge in [0.2, 0.25) is 0 Å². The number of hydrogen-bond donors (Lipinski definition) is 3. The quantitative estimate of drug-likeness (QED) is 0.566. The van der Waals surface area contributed by atoms with Crippen molar-refractivity contribution in [3.05, 3.63) is 58.3 Å². The number of rotatable bonds is 6. The Labute approximate surface area is 160 Å². The number of nitrogens with one attached hydrogen (secondary N) is 2. The number of phenols is 1. The van der Waals surface area contributed by atoms with Gasteiger partial charge in [0.25, 0.3) is 11.8 Å². The number of aryl methyl sites for hydroxylation is 2. The largest absolute Gasteiger partial charge is 0.508 e. The van der Waals surface area contributed by atoms with Gasteiger partial charge in [-0.1, -0.05) is 0 Å². The molecule has 7 nitrogen and oxygen atoms in total. The second kappa shape index (κ2) is 8.05. The van der Waals surface area contributed by atoms with Crippen molar-refractivity contribution < 1.29 is 19.1 Å². The van der Waals surface area contributed by atoms with E-state index >= 15 is 0 Å². The molecule has 0 bridgehead atoms. The minimum atomic E-state index is -0.270. The van der Waals surface area contributed by atoms with Crippen molar-refractivity contribution in [2.75, 3.05) is 13.1 Å². The van der Waals surface area contributed by atoms with E-state index in [0.717, 1.165) is 5.76 Å². The number of thiazole rings is 1. The second-order valence-corrected chi connectivity index (χ2v) is 6.90. The minimum absolute atomic E-state index is 0.0998. The summed E-state index contributed by atoms with van der Waals surface area (Å²) >= 11 is 1.27. The monoisotopic (exact) mass is 385 g/mol. The van der Waals surface area contributed by atoms with E-state index in [1.165, 1.54) is 35.6 Å². The summed E-state index contributed by atoms with van der Waals surface area (Å²) in [7, 11) is 0. The van der Waals surface area contributed by atoms with Gasteiger partial charge in [-0.25, -0.2) is 4.98 Å². The highest BCUT2D eigenvalue weighted by atomic mass is 32.1. The maximum atomic E-state index is 12.4. The van der Waals surface area contributed by atoms with Crippen LogP contribution in [-0.4, -0.2) is 35.0 Å². The number of amides is 2. The Hall–Kier alpha value is -3.13. The Morgan fingerprint density at radius 2 is 1.70 bits per heavy atom. The van der Waals surface area contributed by atoms with Crippen LogP contribution >= 0.6 is 11.3 Å². The van der Waals surface area contributed by atoms with E-state index in [1.807, 2.05) is 19.1 Å². The normalized spacial score (nSPS) is 10.6. The molecule has 0 unspecified atom stereocenters. The molecule has 140 valence electrons. The molecule has 2 aromatic heterocycles. The number of aromatic nitrogens is 1. The predicted molar refractivity (Wildman–Crippen MR) is 102 cm³/mol. The average molecular weight is 385 g/mol. The average Bonchev–Trinajstić information content (AvgIpc) is 3.24. The topological polar surface area (TPSA) is 104 Å². The summed E-state index contributed by atoms with van der Waals surface area (Å²) in [5.74, 6) is 1.02. The van der Waals surface area contributed by atoms with Crippen LogP contribution in [0, 0.1) is 13.8 Å². The molecule has 0 radical (unpaired) electrons. The summed E-state index contributed by atoms with van der Waals surface area (Å²) in [6.07, 6.45) is 0. The smallest absolute Gasteiger partial charge is 0.263 e. The van der Waals surface area contributed by atoms with E-state index in [0.29, 0.717) is 26.9 Å². The molecular formula is C19H19N3O4S. The first-order valence-corrected chi connectivity index (χ1v) is 9.15. The van der Waals surface area contributed by atoms with E-state index in [4.69, 9.17) is 4.42 Å². The van der Waals surface area contributed by atoms with Crippen molar-refractivity contribution in [3.63, 3.8) is 0 Å². The summed E-state index contributed by atoms with van der Waals surface area (Å²) in [4.78, 5) is 29.2. The van der Waals surface area contributed by atoms with Gasteiger partial charge < -0.3 is 20.2 Å². The first-order valence-electron chi connectivity index (χ1n) is 8.33. The molecule has 0 aliphatic rings. The van der Waals surface area contributed by atoms with Crippen molar-refractivity contribution in [1.82, 2.24) is 15.6 Å². The molecule has 1 aromatic carbocycles. The van der Waals surface area contributed by atoms with Crippen molar-refractivity contribution in [1.29, 1.82) is 0 Å². The Balaban J connectivity index is 1.51. The SMILES string of the molecule is Cc1ccc(-c2nc(C)c(C(=O)NCCNC(=O)c3ccc(O)cc3)s2)o1. The standard InChI is InChI=1S/C19H19N3O4S/c1-11-3-8-15(26-11)19-22-12(2)16(27-19)18(25)21-10-9-20-17(24)13-4-6-14(23)7-5-13/h3-8,23H,9-10H2,1-2H3,(H,20,24)(H,21,25). The Bertz CT molecular complexity index is 960. The highest BCUT2D eigenvalue weighted by Crippen LogP contribution is 2.29. The highest BCUT2D eigenvalue weighted by molar-refractivity contribution is 7.17. The highest BCUT2D eigenvalue weighted by Gasteiger charge is 2.17. The summed E-state index contributed by atoms with van der Waals surface area (Å²) < 4.78 is 5.54. The van der Waals surface area contributed by atoms with Crippen LogP contribution in [0.15, 0.2) is 40.8 Å². The van der Waals surface area contributed by atoms with E-state index in [-0.39, 0.29) is 30.7 Å². The molecule has 3 N–H and O–H groups in total. The predicted octanol–water partition coefficient (Wildman–Crippen LogP) is 2.89. The van der Waals surface area contributed by atoms with Gasteiger partial charge >= 0.3 is 0 Å². The summed E-state index contributed by atoms with van der Waals surface area (Å²) in [6, 6.07) is 9.63. The van der Waals surface area contributed by atoms with Crippen molar-refractivity contribution in [2.24, 2.45) is 0 Å². The lowest BCUT2D eigenvalue weighted by Gasteiger charge is -2.07. The Morgan fingerprint density at radius 1 is 1.04 bits per heavy atom. The summed E-state index contributed by atoms with van der Waals surface area (Å²) in [5.41, 5.74) is 1.07. The van der Waals surface area contributed by atoms with Crippen LogP contribution in [0.1, 0.15) is 31.5 Å². The molecule has 0 saturated carbocycles. The van der Waals surface area contributed by atoms with Gasteiger partial charge in [0.1, 0.15) is 16.4 Å². The number of carbonyl (C=O) groups excluding carboxylic acids is 2. The molecule has 2 heterocycles. The first-order chi connectivity index (χ1) is 12.9. The van der Waals surface area contributed by atoms with Crippen LogP contribution in [0.25, 0.3) is 10.8 Å². The molecule has 8 heteroatoms. The van der Waals surface area contributed by atoms with Crippen molar-refractivity contribution in [2.45, 2.75) is 13.8 Å². The van der Waals surface area contributed by atoms with Crippen LogP contribution < -0.4 is 10.6 Å². The van der Waals surface area contributed by atoms with E-state index in [1.54, 1.807) is 6.92 Å². The molecule has 27 heavy (non-hydrogen) atoms. The lowest BCUT2D eigenvalue weighted by Crippen LogP contribution is -2.34. The fourth-order valence-corrected chi connectivity index (χ4v) is 3.35. The molecular weight excluding hydrogens is 366 g/mol. The van der Waals surface area contributed by atoms with Crippen molar-refractivity contribution >= 4 is 23.2 Å². The molecule has 2 amide bonds. The zero-order valence-electron chi connectivity index (χ0n) is 14.9. The van der Waals surface area contributed by atoms with Gasteiger partial charge in [-0.05, 0) is 50.2 Å². The maximum absolute atomic E-state index is 12.4. The third-order valence-corrected chi connectivity index (χ3v) is 4.95. The number of carbonyl (C=O) groups is 2. The summed E-state index contributed by atoms with van der Waals surface area (Å²) in [6.45, 7) is 4.20. The fraction of sp³-hybridized carbons (Fsp3) is 0.211. The lowest BCUT2D eigenvalue weighted by molar-refractivity contribution is 0.0929. The van der Waals surface area contributed by atoms with Gasteiger partial charge in [-0.3, -0.25) is 9.59 Å². The third-order valence-electron chi connectivity index (χ3n) is 3.78. The Morgan fingerprint density at radius 3 is 2.33 bits per heavy atom. The lowest BCUT2D eigenvalue weighted by atomic mass is 10.2. The molecule has 0 aliphatic heterocycles. The zero-order chi connectivity index (χ0) is 19.4. The van der Waals surface area contributed by atoms with Gasteiger partial charge in [0.15, 0.2) is 10.8 Å². The molecule has 0 spiro atoms. The number of benzene rings is 1. The van der Waals surface area contributed by atoms with Crippen LogP contribution in [0.5, 0.6) is 5.75 Å². The number of furan rings is 1. The van der Waals surface area contributed by atoms with Gasteiger partial charge in [-0.15, -0.1) is 11.3 Å². The Kier molecular flexibility index (Phi) is 5.56. The number of nitrogens with zero attached hydrogens (tertiary/aromatic N) is 1. The molecule has 0 saturated heterocycles. The van der Waals surface area contributed by atoms with Gasteiger partial charge in [0, 0.05) is 18.7 Å². The van der Waals surface area contributed by atoms with Crippen LogP contribution in [0.4, 0.5) is 0 Å². The molecule has 3 aromatic rings. The second-order valence-electron chi connectivity index (χ2n) is 5.90. The van der Waals surface area contributed by atoms with E-state index in [2.05, 4.69) is 15.6 Å². The molecule has 3 rings (SSSR count). The fourth-order valence-electron chi connectivity index (χ4n) is 2.41.